The van der Waals surface area contributed by atoms with Crippen molar-refractivity contribution in [1.82, 2.24) is 0 Å². The molecule has 8 nitrogen and oxygen atoms in total. The van der Waals surface area contributed by atoms with Gasteiger partial charge in [-0.05, 0) is 0 Å². The van der Waals surface area contributed by atoms with Crippen LogP contribution in [0, 0.1) is 7.43 Å². The normalized spacial score (nSPS) is 9.83. The minimum Gasteiger partial charge on any atom is -0.822 e. The van der Waals surface area contributed by atoms with E-state index in [0.717, 1.165) is 0 Å². The molecule has 0 rings (SSSR count). The molecule has 1 radical (unpaired) electrons. The van der Waals surface area contributed by atoms with E-state index >= 15 is 0 Å². The molecule has 0 bridgehead atoms. The van der Waals surface area contributed by atoms with Gasteiger partial charge in [-0.2, -0.15) is 15.6 Å². The Hall–Kier alpha value is 0.726. The summed E-state index contributed by atoms with van der Waals surface area (Å²) in [5.74, 6) is 0. The Morgan fingerprint density at radius 3 is 0.667 bits per heavy atom. The van der Waals surface area contributed by atoms with Crippen LogP contribution in [0.1, 0.15) is 0 Å². The molecule has 0 aromatic heterocycles. The van der Waals surface area contributed by atoms with Crippen LogP contribution in [0.3, 0.4) is 0 Å². The zero-order valence-electron chi connectivity index (χ0n) is 4.99. The fourth-order valence-electron chi connectivity index (χ4n) is 0. The molecule has 0 saturated heterocycles. The minimum absolute atomic E-state index is 0. The molecule has 0 amide bonds. The van der Waals surface area contributed by atoms with Gasteiger partial charge >= 0.3 is 24.2 Å². The van der Waals surface area contributed by atoms with E-state index in [9.17, 15) is 0 Å². The third-order valence-corrected chi connectivity index (χ3v) is 0. The summed E-state index contributed by atoms with van der Waals surface area (Å²) in [6.07, 6.45) is 0. The van der Waals surface area contributed by atoms with Crippen LogP contribution in [0.2, 0.25) is 0 Å². The summed E-state index contributed by atoms with van der Waals surface area (Å²) >= 11 is 0. The van der Waals surface area contributed by atoms with Crippen molar-refractivity contribution in [3.05, 3.63) is 7.43 Å². The molecule has 12 heavy (non-hydrogen) atoms. The standard InChI is InChI=1S/C.Co.2H3O4P/c;;2*1-5(2,3)4/h;;2*(H3,1,2,3,4)/q+4;+2;;/p-6. The molecule has 0 aliphatic heterocycles. The summed E-state index contributed by atoms with van der Waals surface area (Å²) < 4.78 is 17.1. The van der Waals surface area contributed by atoms with Crippen molar-refractivity contribution >= 4 is 15.6 Å². The largest absolute Gasteiger partial charge is 4.00 e. The van der Waals surface area contributed by atoms with Crippen LogP contribution < -0.4 is 29.4 Å². The first-order valence-electron chi connectivity index (χ1n) is 1.46. The first-order chi connectivity index (χ1) is 4.00. The molecule has 0 aliphatic rings. The van der Waals surface area contributed by atoms with Crippen LogP contribution in [0.4, 0.5) is 0 Å². The van der Waals surface area contributed by atoms with Gasteiger partial charge in [0.15, 0.2) is 0 Å². The third kappa shape index (κ3) is 1920. The zero-order chi connectivity index (χ0) is 9.00. The van der Waals surface area contributed by atoms with E-state index < -0.39 is 15.6 Å². The van der Waals surface area contributed by atoms with E-state index in [1.54, 1.807) is 0 Å². The van der Waals surface area contributed by atoms with Crippen LogP contribution in [-0.2, 0) is 25.9 Å². The van der Waals surface area contributed by atoms with E-state index in [2.05, 4.69) is 0 Å². The number of hydrogen-bond donors (Lipinski definition) is 0. The second-order valence-electron chi connectivity index (χ2n) is 0.894. The van der Waals surface area contributed by atoms with Crippen LogP contribution in [-0.4, -0.2) is 0 Å². The van der Waals surface area contributed by atoms with E-state index in [-0.39, 0.29) is 24.2 Å². The molecule has 0 aromatic carbocycles. The number of hydrogen-bond acceptors (Lipinski definition) is 8. The molecular formula is CCoO8P2. The fourth-order valence-corrected chi connectivity index (χ4v) is 0. The Bertz CT molecular complexity index is 129. The van der Waals surface area contributed by atoms with Gasteiger partial charge in [-0.25, -0.2) is 0 Å². The Morgan fingerprint density at radius 2 is 0.667 bits per heavy atom. The van der Waals surface area contributed by atoms with Gasteiger partial charge in [0.1, 0.15) is 0 Å². The third-order valence-electron chi connectivity index (χ3n) is 0. The van der Waals surface area contributed by atoms with Gasteiger partial charge in [-0.15, -0.1) is 0 Å². The smallest absolute Gasteiger partial charge is 0.822 e. The summed E-state index contributed by atoms with van der Waals surface area (Å²) in [4.78, 5) is 51.3. The fraction of sp³-hybridized carbons (Fsp3) is 0. The van der Waals surface area contributed by atoms with Crippen molar-refractivity contribution in [2.75, 3.05) is 0 Å². The summed E-state index contributed by atoms with van der Waals surface area (Å²) in [6, 6.07) is 0. The van der Waals surface area contributed by atoms with Gasteiger partial charge in [0.05, 0.1) is 0 Å². The number of phosphoric acid groups is 2. The maximum atomic E-state index is 8.55. The topological polar surface area (TPSA) is 172 Å². The molecule has 0 unspecified atom stereocenters. The first-order valence-corrected chi connectivity index (χ1v) is 4.38. The van der Waals surface area contributed by atoms with Gasteiger partial charge in [0.2, 0.25) is 0 Å². The predicted molar refractivity (Wildman–Crippen MR) is 18.5 cm³/mol. The maximum Gasteiger partial charge on any atom is 4.00 e. The maximum absolute atomic E-state index is 8.55. The van der Waals surface area contributed by atoms with Gasteiger partial charge in [-0.1, -0.05) is 0 Å². The molecule has 0 aliphatic carbocycles. The van der Waals surface area contributed by atoms with Crippen molar-refractivity contribution in [2.24, 2.45) is 0 Å². The van der Waals surface area contributed by atoms with Crippen LogP contribution in [0.25, 0.3) is 0 Å². The molecule has 0 saturated carbocycles. The summed E-state index contributed by atoms with van der Waals surface area (Å²) in [7, 11) is -10.8. The van der Waals surface area contributed by atoms with Crippen LogP contribution in [0.15, 0.2) is 0 Å². The van der Waals surface area contributed by atoms with Gasteiger partial charge in [-0.3, -0.25) is 0 Å². The minimum atomic E-state index is -5.39. The Kier molecular flexibility index (Phi) is 16.0. The molecule has 0 N–H and O–H groups in total. The molecule has 0 spiro atoms. The van der Waals surface area contributed by atoms with E-state index in [1.165, 1.54) is 0 Å². The Balaban J connectivity index is -0.0000000457. The van der Waals surface area contributed by atoms with Crippen LogP contribution in [0.5, 0.6) is 0 Å². The average molecular weight is 261 g/mol. The van der Waals surface area contributed by atoms with Gasteiger partial charge in [0.25, 0.3) is 0 Å². The molecule has 0 heterocycles. The molecule has 0 aromatic rings. The quantitative estimate of drug-likeness (QED) is 0.388. The van der Waals surface area contributed by atoms with E-state index in [4.69, 9.17) is 38.5 Å². The van der Waals surface area contributed by atoms with Crippen molar-refractivity contribution in [1.29, 1.82) is 0 Å². The number of rotatable bonds is 0. The van der Waals surface area contributed by atoms with Gasteiger partial charge < -0.3 is 38.5 Å². The van der Waals surface area contributed by atoms with Crippen molar-refractivity contribution in [2.45, 2.75) is 0 Å². The summed E-state index contributed by atoms with van der Waals surface area (Å²) in [6.45, 7) is 0. The zero-order valence-corrected chi connectivity index (χ0v) is 7.82. The predicted octanol–water partition coefficient (Wildman–Crippen LogP) is -5.57. The van der Waals surface area contributed by atoms with Crippen molar-refractivity contribution in [3.8, 4) is 0 Å². The SMILES string of the molecule is O=P([O-])([O-])[O-].O=P([O-])([O-])[O-].[C+4].[Co+2]. The molecule has 0 atom stereocenters. The second kappa shape index (κ2) is 8.33. The molecule has 11 heteroatoms. The monoisotopic (exact) mass is 261 g/mol. The van der Waals surface area contributed by atoms with Crippen molar-refractivity contribution < 1.29 is 55.3 Å². The molecule has 71 valence electrons. The second-order valence-corrected chi connectivity index (χ2v) is 2.68. The summed E-state index contributed by atoms with van der Waals surface area (Å²) in [5, 5.41) is 0. The van der Waals surface area contributed by atoms with E-state index in [1.807, 2.05) is 0 Å². The van der Waals surface area contributed by atoms with Crippen LogP contribution >= 0.6 is 15.6 Å². The Morgan fingerprint density at radius 1 is 0.667 bits per heavy atom. The van der Waals surface area contributed by atoms with Crippen molar-refractivity contribution in [3.63, 3.8) is 0 Å². The van der Waals surface area contributed by atoms with Gasteiger partial charge in [0, 0.05) is 0 Å². The Labute approximate surface area is 78.9 Å². The molecule has 0 fully saturated rings. The van der Waals surface area contributed by atoms with E-state index in [0.29, 0.717) is 0 Å². The molecular weight excluding hydrogens is 261 g/mol. The average Bonchev–Trinajstić information content (AvgIpc) is 1.12. The summed E-state index contributed by atoms with van der Waals surface area (Å²) in [5.41, 5.74) is 0. The first kappa shape index (κ1) is 23.0.